The lowest BCUT2D eigenvalue weighted by molar-refractivity contribution is -0.137. The van der Waals surface area contributed by atoms with Crippen LogP contribution in [0.2, 0.25) is 0 Å². The van der Waals surface area contributed by atoms with Crippen molar-refractivity contribution < 1.29 is 19.4 Å². The molecule has 0 bridgehead atoms. The normalized spacial score (nSPS) is 23.4. The van der Waals surface area contributed by atoms with Crippen molar-refractivity contribution in [1.29, 1.82) is 0 Å². The van der Waals surface area contributed by atoms with Crippen molar-refractivity contribution in [2.24, 2.45) is 0 Å². The third-order valence-corrected chi connectivity index (χ3v) is 2.78. The average Bonchev–Trinajstić information content (AvgIpc) is 2.69. The number of urea groups is 1. The second-order valence-electron chi connectivity index (χ2n) is 4.51. The van der Waals surface area contributed by atoms with Gasteiger partial charge >= 0.3 is 12.0 Å². The lowest BCUT2D eigenvalue weighted by atomic mass is 10.0. The van der Waals surface area contributed by atoms with E-state index in [0.717, 1.165) is 19.4 Å². The molecule has 0 saturated carbocycles. The molecule has 1 aliphatic rings. The van der Waals surface area contributed by atoms with Gasteiger partial charge in [-0.15, -0.1) is 0 Å². The van der Waals surface area contributed by atoms with Crippen LogP contribution in [0.25, 0.3) is 0 Å². The molecule has 6 heteroatoms. The van der Waals surface area contributed by atoms with Crippen LogP contribution in [0.1, 0.15) is 32.6 Å². The molecule has 0 aromatic carbocycles. The highest BCUT2D eigenvalue weighted by Crippen LogP contribution is 2.23. The minimum Gasteiger partial charge on any atom is -0.481 e. The lowest BCUT2D eigenvalue weighted by Crippen LogP contribution is -2.44. The van der Waals surface area contributed by atoms with Gasteiger partial charge in [-0.3, -0.25) is 4.79 Å². The van der Waals surface area contributed by atoms with Gasteiger partial charge in [-0.05, 0) is 26.2 Å². The number of nitrogens with one attached hydrogen (secondary N) is 2. The molecular weight excluding hydrogens is 224 g/mol. The fraction of sp³-hybridized carbons (Fsp3) is 0.818. The van der Waals surface area contributed by atoms with Gasteiger partial charge in [-0.25, -0.2) is 4.79 Å². The van der Waals surface area contributed by atoms with Crippen LogP contribution in [0.15, 0.2) is 0 Å². The SMILES string of the molecule is CC1(CNC(=O)NCCCC(=O)O)CCCO1. The predicted molar refractivity (Wildman–Crippen MR) is 61.9 cm³/mol. The van der Waals surface area contributed by atoms with Gasteiger partial charge in [0.1, 0.15) is 0 Å². The van der Waals surface area contributed by atoms with Crippen molar-refractivity contribution in [1.82, 2.24) is 10.6 Å². The highest BCUT2D eigenvalue weighted by molar-refractivity contribution is 5.74. The molecule has 1 atom stereocenters. The van der Waals surface area contributed by atoms with Crippen molar-refractivity contribution in [2.75, 3.05) is 19.7 Å². The Morgan fingerprint density at radius 3 is 2.76 bits per heavy atom. The summed E-state index contributed by atoms with van der Waals surface area (Å²) in [7, 11) is 0. The van der Waals surface area contributed by atoms with Gasteiger partial charge in [0.15, 0.2) is 0 Å². The number of hydrogen-bond donors (Lipinski definition) is 3. The standard InChI is InChI=1S/C11H20N2O4/c1-11(5-3-7-17-11)8-13-10(16)12-6-2-4-9(14)15/h2-8H2,1H3,(H,14,15)(H2,12,13,16). The molecule has 6 nitrogen and oxygen atoms in total. The Balaban J connectivity index is 2.06. The van der Waals surface area contributed by atoms with E-state index in [1.807, 2.05) is 6.92 Å². The van der Waals surface area contributed by atoms with Crippen LogP contribution in [0.4, 0.5) is 4.79 Å². The number of hydrogen-bond acceptors (Lipinski definition) is 3. The predicted octanol–water partition coefficient (Wildman–Crippen LogP) is 0.719. The van der Waals surface area contributed by atoms with E-state index in [9.17, 15) is 9.59 Å². The van der Waals surface area contributed by atoms with Gasteiger partial charge in [0, 0.05) is 26.1 Å². The van der Waals surface area contributed by atoms with E-state index in [-0.39, 0.29) is 18.1 Å². The van der Waals surface area contributed by atoms with E-state index in [1.165, 1.54) is 0 Å². The van der Waals surface area contributed by atoms with E-state index in [2.05, 4.69) is 10.6 Å². The summed E-state index contributed by atoms with van der Waals surface area (Å²) in [4.78, 5) is 21.6. The Morgan fingerprint density at radius 1 is 1.41 bits per heavy atom. The third-order valence-electron chi connectivity index (χ3n) is 2.78. The quantitative estimate of drug-likeness (QED) is 0.601. The van der Waals surface area contributed by atoms with E-state index in [0.29, 0.717) is 19.5 Å². The zero-order valence-electron chi connectivity index (χ0n) is 10.1. The highest BCUT2D eigenvalue weighted by atomic mass is 16.5. The number of carboxylic acid groups (broad SMARTS) is 1. The van der Waals surface area contributed by atoms with Crippen LogP contribution in [-0.4, -0.2) is 42.4 Å². The van der Waals surface area contributed by atoms with Gasteiger partial charge in [-0.1, -0.05) is 0 Å². The fourth-order valence-corrected chi connectivity index (χ4v) is 1.75. The molecule has 1 heterocycles. The van der Waals surface area contributed by atoms with Crippen molar-refractivity contribution in [3.05, 3.63) is 0 Å². The van der Waals surface area contributed by atoms with Gasteiger partial charge < -0.3 is 20.5 Å². The van der Waals surface area contributed by atoms with Crippen LogP contribution in [0.3, 0.4) is 0 Å². The summed E-state index contributed by atoms with van der Waals surface area (Å²) in [6, 6.07) is -0.271. The Bertz CT molecular complexity index is 275. The van der Waals surface area contributed by atoms with E-state index < -0.39 is 5.97 Å². The molecule has 1 saturated heterocycles. The van der Waals surface area contributed by atoms with E-state index in [1.54, 1.807) is 0 Å². The molecule has 1 aliphatic heterocycles. The minimum absolute atomic E-state index is 0.0705. The monoisotopic (exact) mass is 244 g/mol. The summed E-state index contributed by atoms with van der Waals surface area (Å²) in [6.07, 6.45) is 2.49. The molecule has 3 N–H and O–H groups in total. The topological polar surface area (TPSA) is 87.7 Å². The summed E-state index contributed by atoms with van der Waals surface area (Å²) >= 11 is 0. The lowest BCUT2D eigenvalue weighted by Gasteiger charge is -2.23. The second-order valence-corrected chi connectivity index (χ2v) is 4.51. The van der Waals surface area contributed by atoms with E-state index >= 15 is 0 Å². The van der Waals surface area contributed by atoms with Gasteiger partial charge in [0.05, 0.1) is 5.60 Å². The first-order valence-corrected chi connectivity index (χ1v) is 5.89. The molecule has 0 spiro atoms. The maximum Gasteiger partial charge on any atom is 0.314 e. The van der Waals surface area contributed by atoms with Crippen molar-refractivity contribution in [3.8, 4) is 0 Å². The van der Waals surface area contributed by atoms with Gasteiger partial charge in [-0.2, -0.15) is 0 Å². The summed E-state index contributed by atoms with van der Waals surface area (Å²) < 4.78 is 5.53. The fourth-order valence-electron chi connectivity index (χ4n) is 1.75. The summed E-state index contributed by atoms with van der Waals surface area (Å²) in [5, 5.41) is 13.8. The Morgan fingerprint density at radius 2 is 2.18 bits per heavy atom. The first kappa shape index (κ1) is 13.8. The molecule has 2 amide bonds. The maximum atomic E-state index is 11.4. The van der Waals surface area contributed by atoms with Crippen LogP contribution in [-0.2, 0) is 9.53 Å². The largest absolute Gasteiger partial charge is 0.481 e. The second kappa shape index (κ2) is 6.44. The molecule has 17 heavy (non-hydrogen) atoms. The number of aliphatic carboxylic acids is 1. The van der Waals surface area contributed by atoms with Crippen molar-refractivity contribution >= 4 is 12.0 Å². The molecule has 1 unspecified atom stereocenters. The number of carboxylic acids is 1. The molecule has 0 aromatic rings. The van der Waals surface area contributed by atoms with Crippen LogP contribution < -0.4 is 10.6 Å². The zero-order chi connectivity index (χ0) is 12.7. The van der Waals surface area contributed by atoms with Gasteiger partial charge in [0.25, 0.3) is 0 Å². The molecule has 0 radical (unpaired) electrons. The highest BCUT2D eigenvalue weighted by Gasteiger charge is 2.29. The Hall–Kier alpha value is -1.30. The van der Waals surface area contributed by atoms with Gasteiger partial charge in [0.2, 0.25) is 0 Å². The molecule has 1 rings (SSSR count). The smallest absolute Gasteiger partial charge is 0.314 e. The molecular formula is C11H20N2O4. The number of carbonyl (C=O) groups excluding carboxylic acids is 1. The molecule has 1 fully saturated rings. The summed E-state index contributed by atoms with van der Waals surface area (Å²) in [6.45, 7) is 3.58. The average molecular weight is 244 g/mol. The van der Waals surface area contributed by atoms with Crippen molar-refractivity contribution in [3.63, 3.8) is 0 Å². The number of carbonyl (C=O) groups is 2. The molecule has 98 valence electrons. The third kappa shape index (κ3) is 5.53. The van der Waals surface area contributed by atoms with Crippen molar-refractivity contribution in [2.45, 2.75) is 38.2 Å². The number of amides is 2. The summed E-state index contributed by atoms with van der Waals surface area (Å²) in [5.74, 6) is -0.848. The van der Waals surface area contributed by atoms with Crippen LogP contribution in [0.5, 0.6) is 0 Å². The maximum absolute atomic E-state index is 11.4. The first-order valence-electron chi connectivity index (χ1n) is 5.89. The molecule has 0 aromatic heterocycles. The number of ether oxygens (including phenoxy) is 1. The first-order chi connectivity index (χ1) is 8.02. The van der Waals surface area contributed by atoms with E-state index in [4.69, 9.17) is 9.84 Å². The Kier molecular flexibility index (Phi) is 5.21. The number of rotatable bonds is 6. The molecule has 0 aliphatic carbocycles. The zero-order valence-corrected chi connectivity index (χ0v) is 10.1. The van der Waals surface area contributed by atoms with Crippen LogP contribution in [0, 0.1) is 0 Å². The Labute approximate surface area is 101 Å². The van der Waals surface area contributed by atoms with Crippen LogP contribution >= 0.6 is 0 Å². The summed E-state index contributed by atoms with van der Waals surface area (Å²) in [5.41, 5.74) is -0.252. The minimum atomic E-state index is -0.848.